The first-order valence-electron chi connectivity index (χ1n) is 5.24. The SMILES string of the molecule is CC(C)(C)C(=O)O[C@@H]1CCCC(=O)[C@@H]1O. The van der Waals surface area contributed by atoms with Gasteiger partial charge in [0.1, 0.15) is 12.2 Å². The molecule has 4 heteroatoms. The second kappa shape index (κ2) is 4.31. The number of esters is 1. The van der Waals surface area contributed by atoms with Crippen molar-refractivity contribution in [2.75, 3.05) is 0 Å². The van der Waals surface area contributed by atoms with E-state index in [0.717, 1.165) is 0 Å². The molecule has 0 aromatic heterocycles. The first-order chi connectivity index (χ1) is 6.82. The summed E-state index contributed by atoms with van der Waals surface area (Å²) >= 11 is 0. The molecule has 1 fully saturated rings. The van der Waals surface area contributed by atoms with Gasteiger partial charge in [0, 0.05) is 6.42 Å². The summed E-state index contributed by atoms with van der Waals surface area (Å²) in [5.41, 5.74) is -0.597. The van der Waals surface area contributed by atoms with E-state index < -0.39 is 17.6 Å². The summed E-state index contributed by atoms with van der Waals surface area (Å²) in [5, 5.41) is 9.53. The van der Waals surface area contributed by atoms with E-state index in [1.807, 2.05) is 0 Å². The van der Waals surface area contributed by atoms with E-state index in [1.165, 1.54) is 0 Å². The fourth-order valence-electron chi connectivity index (χ4n) is 1.43. The molecule has 0 saturated heterocycles. The average molecular weight is 214 g/mol. The Morgan fingerprint density at radius 2 is 2.07 bits per heavy atom. The van der Waals surface area contributed by atoms with Crippen LogP contribution in [0.25, 0.3) is 0 Å². The van der Waals surface area contributed by atoms with Gasteiger partial charge in [-0.15, -0.1) is 0 Å². The molecule has 1 rings (SSSR count). The summed E-state index contributed by atoms with van der Waals surface area (Å²) in [7, 11) is 0. The molecule has 0 spiro atoms. The van der Waals surface area contributed by atoms with Crippen molar-refractivity contribution in [1.29, 1.82) is 0 Å². The number of aliphatic hydroxyl groups is 1. The van der Waals surface area contributed by atoms with Crippen LogP contribution >= 0.6 is 0 Å². The maximum absolute atomic E-state index is 11.5. The zero-order valence-electron chi connectivity index (χ0n) is 9.45. The Labute approximate surface area is 89.6 Å². The van der Waals surface area contributed by atoms with Crippen molar-refractivity contribution in [3.8, 4) is 0 Å². The molecule has 86 valence electrons. The monoisotopic (exact) mass is 214 g/mol. The molecule has 0 unspecified atom stereocenters. The van der Waals surface area contributed by atoms with E-state index in [-0.39, 0.29) is 11.8 Å². The van der Waals surface area contributed by atoms with Crippen molar-refractivity contribution in [3.63, 3.8) is 0 Å². The van der Waals surface area contributed by atoms with Crippen molar-refractivity contribution >= 4 is 11.8 Å². The van der Waals surface area contributed by atoms with Crippen LogP contribution in [0.1, 0.15) is 40.0 Å². The maximum atomic E-state index is 11.5. The molecule has 1 aliphatic carbocycles. The van der Waals surface area contributed by atoms with E-state index in [1.54, 1.807) is 20.8 Å². The van der Waals surface area contributed by atoms with Gasteiger partial charge in [-0.1, -0.05) is 0 Å². The number of rotatable bonds is 1. The van der Waals surface area contributed by atoms with Gasteiger partial charge in [-0.2, -0.15) is 0 Å². The van der Waals surface area contributed by atoms with Crippen LogP contribution in [0.4, 0.5) is 0 Å². The number of ether oxygens (including phenoxy) is 1. The molecule has 0 amide bonds. The molecule has 0 radical (unpaired) electrons. The second-order valence-electron chi connectivity index (χ2n) is 5.00. The van der Waals surface area contributed by atoms with Crippen molar-refractivity contribution in [2.24, 2.45) is 5.41 Å². The highest BCUT2D eigenvalue weighted by atomic mass is 16.6. The standard InChI is InChI=1S/C11H18O4/c1-11(2,3)10(14)15-8-6-4-5-7(12)9(8)13/h8-9,13H,4-6H2,1-3H3/t8-,9+/m1/s1. The fraction of sp³-hybridized carbons (Fsp3) is 0.818. The first-order valence-corrected chi connectivity index (χ1v) is 5.24. The predicted octanol–water partition coefficient (Wildman–Crippen LogP) is 1.06. The van der Waals surface area contributed by atoms with Gasteiger partial charge < -0.3 is 9.84 Å². The molecular formula is C11H18O4. The molecule has 0 bridgehead atoms. The summed E-state index contributed by atoms with van der Waals surface area (Å²) < 4.78 is 5.13. The van der Waals surface area contributed by atoms with E-state index >= 15 is 0 Å². The molecule has 0 aromatic carbocycles. The molecular weight excluding hydrogens is 196 g/mol. The van der Waals surface area contributed by atoms with E-state index in [4.69, 9.17) is 4.74 Å². The lowest BCUT2D eigenvalue weighted by atomic mass is 9.92. The number of carbonyl (C=O) groups is 2. The lowest BCUT2D eigenvalue weighted by Gasteiger charge is -2.29. The first kappa shape index (κ1) is 12.2. The van der Waals surface area contributed by atoms with Gasteiger partial charge in [-0.3, -0.25) is 9.59 Å². The Balaban J connectivity index is 2.58. The van der Waals surface area contributed by atoms with Gasteiger partial charge in [-0.05, 0) is 33.6 Å². The van der Waals surface area contributed by atoms with E-state index in [0.29, 0.717) is 19.3 Å². The number of hydrogen-bond donors (Lipinski definition) is 1. The summed E-state index contributed by atoms with van der Waals surface area (Å²) in [4.78, 5) is 22.7. The highest BCUT2D eigenvalue weighted by Crippen LogP contribution is 2.23. The number of hydrogen-bond acceptors (Lipinski definition) is 4. The van der Waals surface area contributed by atoms with Crippen LogP contribution < -0.4 is 0 Å². The molecule has 1 saturated carbocycles. The van der Waals surface area contributed by atoms with E-state index in [2.05, 4.69) is 0 Å². The third-order valence-electron chi connectivity index (χ3n) is 2.46. The molecule has 15 heavy (non-hydrogen) atoms. The van der Waals surface area contributed by atoms with Crippen LogP contribution in [0.3, 0.4) is 0 Å². The van der Waals surface area contributed by atoms with Gasteiger partial charge in [0.25, 0.3) is 0 Å². The van der Waals surface area contributed by atoms with Gasteiger partial charge in [0.05, 0.1) is 5.41 Å². The van der Waals surface area contributed by atoms with Crippen molar-refractivity contribution < 1.29 is 19.4 Å². The minimum Gasteiger partial charge on any atom is -0.459 e. The zero-order chi connectivity index (χ0) is 11.6. The zero-order valence-corrected chi connectivity index (χ0v) is 9.45. The van der Waals surface area contributed by atoms with Crippen molar-refractivity contribution in [1.82, 2.24) is 0 Å². The summed E-state index contributed by atoms with van der Waals surface area (Å²) in [6.07, 6.45) is -0.166. The Hall–Kier alpha value is -0.900. The number of ketones is 1. The van der Waals surface area contributed by atoms with Crippen LogP contribution in [-0.2, 0) is 14.3 Å². The topological polar surface area (TPSA) is 63.6 Å². The Kier molecular flexibility index (Phi) is 3.50. The molecule has 1 aliphatic rings. The summed E-state index contributed by atoms with van der Waals surface area (Å²) in [5.74, 6) is -0.603. The molecule has 4 nitrogen and oxygen atoms in total. The molecule has 2 atom stereocenters. The van der Waals surface area contributed by atoms with Gasteiger partial charge in [0.15, 0.2) is 5.78 Å². The average Bonchev–Trinajstić information content (AvgIpc) is 2.11. The third kappa shape index (κ3) is 3.02. The van der Waals surface area contributed by atoms with Crippen LogP contribution in [0.2, 0.25) is 0 Å². The van der Waals surface area contributed by atoms with E-state index in [9.17, 15) is 14.7 Å². The highest BCUT2D eigenvalue weighted by molar-refractivity contribution is 5.85. The lowest BCUT2D eigenvalue weighted by molar-refractivity contribution is -0.169. The maximum Gasteiger partial charge on any atom is 0.311 e. The van der Waals surface area contributed by atoms with Crippen LogP contribution in [-0.4, -0.2) is 29.1 Å². The molecule has 1 N–H and O–H groups in total. The minimum atomic E-state index is -1.13. The normalized spacial score (nSPS) is 27.6. The summed E-state index contributed by atoms with van der Waals surface area (Å²) in [6.45, 7) is 5.23. The quantitative estimate of drug-likeness (QED) is 0.663. The van der Waals surface area contributed by atoms with Crippen LogP contribution in [0.15, 0.2) is 0 Å². The Bertz CT molecular complexity index is 264. The van der Waals surface area contributed by atoms with Crippen molar-refractivity contribution in [3.05, 3.63) is 0 Å². The van der Waals surface area contributed by atoms with Crippen LogP contribution in [0.5, 0.6) is 0 Å². The Morgan fingerprint density at radius 1 is 1.47 bits per heavy atom. The largest absolute Gasteiger partial charge is 0.459 e. The number of Topliss-reactive ketones (excluding diaryl/α,β-unsaturated/α-hetero) is 1. The van der Waals surface area contributed by atoms with Gasteiger partial charge >= 0.3 is 5.97 Å². The number of carbonyl (C=O) groups excluding carboxylic acids is 2. The number of aliphatic hydroxyl groups excluding tert-OH is 1. The molecule has 0 heterocycles. The van der Waals surface area contributed by atoms with Crippen molar-refractivity contribution in [2.45, 2.75) is 52.2 Å². The minimum absolute atomic E-state index is 0.229. The molecule has 0 aliphatic heterocycles. The lowest BCUT2D eigenvalue weighted by Crippen LogP contribution is -2.42. The second-order valence-corrected chi connectivity index (χ2v) is 5.00. The third-order valence-corrected chi connectivity index (χ3v) is 2.46. The van der Waals surface area contributed by atoms with Gasteiger partial charge in [-0.25, -0.2) is 0 Å². The summed E-state index contributed by atoms with van der Waals surface area (Å²) in [6, 6.07) is 0. The Morgan fingerprint density at radius 3 is 2.60 bits per heavy atom. The highest BCUT2D eigenvalue weighted by Gasteiger charge is 2.35. The molecule has 0 aromatic rings. The predicted molar refractivity (Wildman–Crippen MR) is 54.2 cm³/mol. The fourth-order valence-corrected chi connectivity index (χ4v) is 1.43. The van der Waals surface area contributed by atoms with Gasteiger partial charge in [0.2, 0.25) is 0 Å². The smallest absolute Gasteiger partial charge is 0.311 e. The van der Waals surface area contributed by atoms with Crippen LogP contribution in [0, 0.1) is 5.41 Å².